The van der Waals surface area contributed by atoms with E-state index in [4.69, 9.17) is 11.6 Å². The van der Waals surface area contributed by atoms with Gasteiger partial charge in [0, 0.05) is 25.7 Å². The number of benzene rings is 2. The van der Waals surface area contributed by atoms with E-state index in [0.29, 0.717) is 23.7 Å². The van der Waals surface area contributed by atoms with Crippen molar-refractivity contribution in [3.63, 3.8) is 0 Å². The topological polar surface area (TPSA) is 49.4 Å². The maximum absolute atomic E-state index is 12.2. The van der Waals surface area contributed by atoms with Crippen LogP contribution < -0.4 is 10.2 Å². The number of hydrogen-bond acceptors (Lipinski definition) is 2. The number of amides is 2. The molecule has 0 bridgehead atoms. The van der Waals surface area contributed by atoms with Gasteiger partial charge in [-0.2, -0.15) is 0 Å². The van der Waals surface area contributed by atoms with Crippen molar-refractivity contribution >= 4 is 29.1 Å². The molecule has 24 heavy (non-hydrogen) atoms. The number of nitrogens with zero attached hydrogens (tertiary/aromatic N) is 1. The molecule has 4 nitrogen and oxygen atoms in total. The van der Waals surface area contributed by atoms with Crippen molar-refractivity contribution in [1.29, 1.82) is 0 Å². The van der Waals surface area contributed by atoms with Crippen LogP contribution in [0.25, 0.3) is 0 Å². The Hall–Kier alpha value is -2.33. The number of halogens is 1. The molecule has 0 radical (unpaired) electrons. The number of nitrogens with one attached hydrogen (secondary N) is 1. The number of aryl methyl sites for hydroxylation is 1. The van der Waals surface area contributed by atoms with Gasteiger partial charge in [-0.05, 0) is 43.2 Å². The third-order valence-corrected chi connectivity index (χ3v) is 4.32. The lowest BCUT2D eigenvalue weighted by Crippen LogP contribution is -2.38. The highest BCUT2D eigenvalue weighted by molar-refractivity contribution is 6.33. The largest absolute Gasteiger partial charge is 0.350 e. The van der Waals surface area contributed by atoms with Crippen LogP contribution in [-0.2, 0) is 4.79 Å². The van der Waals surface area contributed by atoms with Gasteiger partial charge < -0.3 is 10.2 Å². The molecule has 0 atom stereocenters. The molecular weight excluding hydrogens is 324 g/mol. The van der Waals surface area contributed by atoms with Crippen LogP contribution in [0.1, 0.15) is 28.4 Å². The first-order valence-electron chi connectivity index (χ1n) is 7.79. The third-order valence-electron chi connectivity index (χ3n) is 3.99. The van der Waals surface area contributed by atoms with Gasteiger partial charge in [0.1, 0.15) is 0 Å². The number of hydrogen-bond donors (Lipinski definition) is 1. The molecule has 0 aliphatic rings. The Morgan fingerprint density at radius 1 is 1.08 bits per heavy atom. The van der Waals surface area contributed by atoms with E-state index < -0.39 is 0 Å². The van der Waals surface area contributed by atoms with Crippen molar-refractivity contribution < 1.29 is 9.59 Å². The zero-order chi connectivity index (χ0) is 17.7. The van der Waals surface area contributed by atoms with E-state index in [1.165, 1.54) is 6.92 Å². The quantitative estimate of drug-likeness (QED) is 0.898. The molecule has 0 unspecified atom stereocenters. The van der Waals surface area contributed by atoms with Crippen molar-refractivity contribution in [3.05, 3.63) is 64.2 Å². The maximum atomic E-state index is 12.2. The highest BCUT2D eigenvalue weighted by atomic mass is 35.5. The second kappa shape index (κ2) is 7.97. The minimum Gasteiger partial charge on any atom is -0.350 e. The fourth-order valence-electron chi connectivity index (χ4n) is 2.50. The van der Waals surface area contributed by atoms with Crippen LogP contribution in [0.15, 0.2) is 42.5 Å². The molecule has 0 spiro atoms. The van der Waals surface area contributed by atoms with E-state index in [0.717, 1.165) is 16.8 Å². The Bertz CT molecular complexity index is 759. The van der Waals surface area contributed by atoms with Gasteiger partial charge in [0.25, 0.3) is 5.91 Å². The maximum Gasteiger partial charge on any atom is 0.252 e. The number of anilines is 1. The van der Waals surface area contributed by atoms with E-state index in [9.17, 15) is 9.59 Å². The molecule has 2 amide bonds. The molecule has 0 aliphatic heterocycles. The van der Waals surface area contributed by atoms with Gasteiger partial charge in [0.15, 0.2) is 0 Å². The third kappa shape index (κ3) is 4.15. The molecule has 2 aromatic rings. The summed E-state index contributed by atoms with van der Waals surface area (Å²) in [7, 11) is 0. The number of carbonyl (C=O) groups excluding carboxylic acids is 2. The van der Waals surface area contributed by atoms with Crippen molar-refractivity contribution in [1.82, 2.24) is 5.32 Å². The van der Waals surface area contributed by atoms with Gasteiger partial charge in [-0.1, -0.05) is 35.9 Å². The van der Waals surface area contributed by atoms with Gasteiger partial charge in [-0.15, -0.1) is 0 Å². The molecule has 2 rings (SSSR count). The van der Waals surface area contributed by atoms with E-state index in [1.54, 1.807) is 29.2 Å². The van der Waals surface area contributed by atoms with Crippen LogP contribution in [0.2, 0.25) is 5.02 Å². The van der Waals surface area contributed by atoms with E-state index in [-0.39, 0.29) is 11.8 Å². The first-order chi connectivity index (χ1) is 11.4. The SMILES string of the molecule is CC(=O)N(CCNC(=O)c1ccccc1Cl)c1cccc(C)c1C. The summed E-state index contributed by atoms with van der Waals surface area (Å²) in [6, 6.07) is 12.7. The zero-order valence-electron chi connectivity index (χ0n) is 14.1. The van der Waals surface area contributed by atoms with Crippen LogP contribution in [-0.4, -0.2) is 24.9 Å². The highest BCUT2D eigenvalue weighted by Crippen LogP contribution is 2.22. The van der Waals surface area contributed by atoms with Crippen molar-refractivity contribution in [3.8, 4) is 0 Å². The van der Waals surface area contributed by atoms with E-state index in [2.05, 4.69) is 5.32 Å². The molecular formula is C19H21ClN2O2. The lowest BCUT2D eigenvalue weighted by molar-refractivity contribution is -0.116. The summed E-state index contributed by atoms with van der Waals surface area (Å²) in [5.74, 6) is -0.305. The first kappa shape index (κ1) is 18.0. The molecule has 126 valence electrons. The number of carbonyl (C=O) groups is 2. The fourth-order valence-corrected chi connectivity index (χ4v) is 2.72. The van der Waals surface area contributed by atoms with E-state index in [1.807, 2.05) is 32.0 Å². The minimum atomic E-state index is -0.245. The van der Waals surface area contributed by atoms with Gasteiger partial charge >= 0.3 is 0 Å². The summed E-state index contributed by atoms with van der Waals surface area (Å²) in [4.78, 5) is 25.9. The summed E-state index contributed by atoms with van der Waals surface area (Å²) >= 11 is 6.02. The molecule has 5 heteroatoms. The van der Waals surface area contributed by atoms with Crippen LogP contribution in [0.5, 0.6) is 0 Å². The molecule has 0 fully saturated rings. The summed E-state index contributed by atoms with van der Waals surface area (Å²) in [5.41, 5.74) is 3.48. The van der Waals surface area contributed by atoms with Gasteiger partial charge in [0.2, 0.25) is 5.91 Å². The summed E-state index contributed by atoms with van der Waals surface area (Å²) in [6.45, 7) is 6.27. The highest BCUT2D eigenvalue weighted by Gasteiger charge is 2.15. The van der Waals surface area contributed by atoms with Crippen LogP contribution in [0.4, 0.5) is 5.69 Å². The van der Waals surface area contributed by atoms with Crippen molar-refractivity contribution in [2.75, 3.05) is 18.0 Å². The van der Waals surface area contributed by atoms with Gasteiger partial charge in [-0.25, -0.2) is 0 Å². The Balaban J connectivity index is 2.05. The molecule has 0 saturated heterocycles. The molecule has 1 N–H and O–H groups in total. The molecule has 2 aromatic carbocycles. The summed E-state index contributed by atoms with van der Waals surface area (Å²) in [6.07, 6.45) is 0. The Morgan fingerprint density at radius 3 is 2.46 bits per heavy atom. The Kier molecular flexibility index (Phi) is 5.99. The van der Waals surface area contributed by atoms with Crippen molar-refractivity contribution in [2.24, 2.45) is 0 Å². The predicted molar refractivity (Wildman–Crippen MR) is 97.7 cm³/mol. The average Bonchev–Trinajstić information content (AvgIpc) is 2.54. The average molecular weight is 345 g/mol. The minimum absolute atomic E-state index is 0.0595. The molecule has 0 saturated carbocycles. The number of rotatable bonds is 5. The molecule has 0 aromatic heterocycles. The zero-order valence-corrected chi connectivity index (χ0v) is 14.9. The van der Waals surface area contributed by atoms with E-state index >= 15 is 0 Å². The second-order valence-corrected chi connectivity index (χ2v) is 6.03. The first-order valence-corrected chi connectivity index (χ1v) is 8.16. The smallest absolute Gasteiger partial charge is 0.252 e. The molecule has 0 aliphatic carbocycles. The lowest BCUT2D eigenvalue weighted by atomic mass is 10.1. The normalized spacial score (nSPS) is 10.3. The Labute approximate surface area is 147 Å². The molecule has 0 heterocycles. The predicted octanol–water partition coefficient (Wildman–Crippen LogP) is 3.74. The van der Waals surface area contributed by atoms with Crippen molar-refractivity contribution in [2.45, 2.75) is 20.8 Å². The van der Waals surface area contributed by atoms with Gasteiger partial charge in [0.05, 0.1) is 10.6 Å². The monoisotopic (exact) mass is 344 g/mol. The standard InChI is InChI=1S/C19H21ClN2O2/c1-13-7-6-10-18(14(13)2)22(15(3)23)12-11-21-19(24)16-8-4-5-9-17(16)20/h4-10H,11-12H2,1-3H3,(H,21,24). The fraction of sp³-hybridized carbons (Fsp3) is 0.263. The Morgan fingerprint density at radius 2 is 1.79 bits per heavy atom. The lowest BCUT2D eigenvalue weighted by Gasteiger charge is -2.24. The summed E-state index contributed by atoms with van der Waals surface area (Å²) < 4.78 is 0. The summed E-state index contributed by atoms with van der Waals surface area (Å²) in [5, 5.41) is 3.22. The van der Waals surface area contributed by atoms with Crippen LogP contribution in [0, 0.1) is 13.8 Å². The second-order valence-electron chi connectivity index (χ2n) is 5.63. The van der Waals surface area contributed by atoms with Gasteiger partial charge in [-0.3, -0.25) is 9.59 Å². The van der Waals surface area contributed by atoms with Crippen LogP contribution in [0.3, 0.4) is 0 Å². The van der Waals surface area contributed by atoms with Crippen LogP contribution >= 0.6 is 11.6 Å².